The van der Waals surface area contributed by atoms with Gasteiger partial charge in [0.25, 0.3) is 5.91 Å². The maximum absolute atomic E-state index is 11.8. The quantitative estimate of drug-likeness (QED) is 0.800. The Morgan fingerprint density at radius 3 is 2.52 bits per heavy atom. The van der Waals surface area contributed by atoms with E-state index in [0.29, 0.717) is 11.6 Å². The van der Waals surface area contributed by atoms with Gasteiger partial charge in [0.15, 0.2) is 0 Å². The third-order valence-electron chi connectivity index (χ3n) is 3.93. The molecule has 0 spiro atoms. The van der Waals surface area contributed by atoms with Crippen LogP contribution in [0, 0.1) is 0 Å². The number of rotatable bonds is 3. The molecule has 0 unspecified atom stereocenters. The van der Waals surface area contributed by atoms with Crippen molar-refractivity contribution in [3.8, 4) is 11.3 Å². The number of fused-ring (bicyclic) bond motifs is 1. The summed E-state index contributed by atoms with van der Waals surface area (Å²) in [7, 11) is 0. The molecule has 2 N–H and O–H groups in total. The Balaban J connectivity index is 2.10. The predicted molar refractivity (Wildman–Crippen MR) is 81.1 cm³/mol. The number of carbonyl (C=O) groups is 1. The molecule has 104 valence electrons. The van der Waals surface area contributed by atoms with Crippen LogP contribution < -0.4 is 5.73 Å². The first-order valence-corrected chi connectivity index (χ1v) is 7.12. The third kappa shape index (κ3) is 1.91. The minimum Gasteiger partial charge on any atom is -0.364 e. The maximum atomic E-state index is 11.8. The summed E-state index contributed by atoms with van der Waals surface area (Å²) in [6.45, 7) is 0. The SMILES string of the molecule is NC(=O)c1cccc2nc(C3CC3)c(-c3ccccc3)n12. The van der Waals surface area contributed by atoms with Crippen LogP contribution in [0.2, 0.25) is 0 Å². The zero-order chi connectivity index (χ0) is 14.4. The van der Waals surface area contributed by atoms with Gasteiger partial charge in [0.2, 0.25) is 0 Å². The van der Waals surface area contributed by atoms with Crippen LogP contribution in [0.15, 0.2) is 48.5 Å². The van der Waals surface area contributed by atoms with Crippen LogP contribution in [0.5, 0.6) is 0 Å². The Kier molecular flexibility index (Phi) is 2.57. The lowest BCUT2D eigenvalue weighted by Gasteiger charge is -2.08. The van der Waals surface area contributed by atoms with E-state index in [0.717, 1.165) is 35.4 Å². The molecule has 2 heterocycles. The van der Waals surface area contributed by atoms with Crippen molar-refractivity contribution in [1.82, 2.24) is 9.38 Å². The van der Waals surface area contributed by atoms with E-state index < -0.39 is 5.91 Å². The number of hydrogen-bond acceptors (Lipinski definition) is 2. The summed E-state index contributed by atoms with van der Waals surface area (Å²) in [5.74, 6) is 0.0679. The molecule has 0 radical (unpaired) electrons. The average molecular weight is 277 g/mol. The fourth-order valence-corrected chi connectivity index (χ4v) is 2.82. The van der Waals surface area contributed by atoms with Gasteiger partial charge in [-0.15, -0.1) is 0 Å². The van der Waals surface area contributed by atoms with E-state index in [4.69, 9.17) is 10.7 Å². The minimum absolute atomic E-state index is 0.433. The summed E-state index contributed by atoms with van der Waals surface area (Å²) >= 11 is 0. The minimum atomic E-state index is -0.433. The molecule has 21 heavy (non-hydrogen) atoms. The molecular weight excluding hydrogens is 262 g/mol. The number of hydrogen-bond donors (Lipinski definition) is 1. The lowest BCUT2D eigenvalue weighted by Crippen LogP contribution is -2.15. The molecule has 4 heteroatoms. The van der Waals surface area contributed by atoms with E-state index in [-0.39, 0.29) is 0 Å². The number of nitrogens with zero attached hydrogens (tertiary/aromatic N) is 2. The van der Waals surface area contributed by atoms with E-state index in [1.54, 1.807) is 6.07 Å². The highest BCUT2D eigenvalue weighted by Gasteiger charge is 2.31. The zero-order valence-corrected chi connectivity index (χ0v) is 11.5. The number of benzene rings is 1. The van der Waals surface area contributed by atoms with Crippen LogP contribution in [0.3, 0.4) is 0 Å². The van der Waals surface area contributed by atoms with Crippen molar-refractivity contribution in [2.45, 2.75) is 18.8 Å². The number of pyridine rings is 1. The predicted octanol–water partition coefficient (Wildman–Crippen LogP) is 2.98. The summed E-state index contributed by atoms with van der Waals surface area (Å²) in [5.41, 5.74) is 9.95. The van der Waals surface area contributed by atoms with Crippen LogP contribution in [0.25, 0.3) is 16.9 Å². The number of aromatic nitrogens is 2. The highest BCUT2D eigenvalue weighted by Crippen LogP contribution is 2.44. The molecule has 3 aromatic rings. The van der Waals surface area contributed by atoms with Crippen LogP contribution >= 0.6 is 0 Å². The number of primary amides is 1. The Labute approximate surface area is 122 Å². The fraction of sp³-hybridized carbons (Fsp3) is 0.176. The molecule has 1 aromatic carbocycles. The van der Waals surface area contributed by atoms with Crippen molar-refractivity contribution >= 4 is 11.6 Å². The molecule has 0 saturated heterocycles. The number of imidazole rings is 1. The zero-order valence-electron chi connectivity index (χ0n) is 11.5. The first kappa shape index (κ1) is 12.1. The van der Waals surface area contributed by atoms with Crippen LogP contribution in [0.4, 0.5) is 0 Å². The third-order valence-corrected chi connectivity index (χ3v) is 3.93. The highest BCUT2D eigenvalue weighted by atomic mass is 16.1. The highest BCUT2D eigenvalue weighted by molar-refractivity contribution is 5.93. The number of amides is 1. The Hall–Kier alpha value is -2.62. The molecule has 4 rings (SSSR count). The van der Waals surface area contributed by atoms with E-state index >= 15 is 0 Å². The maximum Gasteiger partial charge on any atom is 0.265 e. The monoisotopic (exact) mass is 277 g/mol. The van der Waals surface area contributed by atoms with Gasteiger partial charge in [0, 0.05) is 11.5 Å². The largest absolute Gasteiger partial charge is 0.364 e. The van der Waals surface area contributed by atoms with Gasteiger partial charge in [0.1, 0.15) is 11.3 Å². The second-order valence-corrected chi connectivity index (χ2v) is 5.45. The van der Waals surface area contributed by atoms with Crippen LogP contribution in [-0.2, 0) is 0 Å². The van der Waals surface area contributed by atoms with Gasteiger partial charge in [-0.3, -0.25) is 9.20 Å². The van der Waals surface area contributed by atoms with Gasteiger partial charge in [0.05, 0.1) is 11.4 Å². The fourth-order valence-electron chi connectivity index (χ4n) is 2.82. The van der Waals surface area contributed by atoms with E-state index in [1.165, 1.54) is 0 Å². The molecule has 0 bridgehead atoms. The van der Waals surface area contributed by atoms with Gasteiger partial charge in [-0.2, -0.15) is 0 Å². The second kappa shape index (κ2) is 4.45. The second-order valence-electron chi connectivity index (χ2n) is 5.45. The van der Waals surface area contributed by atoms with Crippen molar-refractivity contribution in [3.05, 3.63) is 59.9 Å². The molecule has 1 aliphatic carbocycles. The number of nitrogens with two attached hydrogens (primary N) is 1. The van der Waals surface area contributed by atoms with E-state index in [1.807, 2.05) is 46.9 Å². The summed E-state index contributed by atoms with van der Waals surface area (Å²) < 4.78 is 1.89. The van der Waals surface area contributed by atoms with Crippen molar-refractivity contribution in [2.24, 2.45) is 5.73 Å². The van der Waals surface area contributed by atoms with Crippen LogP contribution in [0.1, 0.15) is 34.9 Å². The molecule has 2 aromatic heterocycles. The molecule has 0 atom stereocenters. The Bertz CT molecular complexity index is 832. The van der Waals surface area contributed by atoms with Gasteiger partial charge in [-0.1, -0.05) is 36.4 Å². The van der Waals surface area contributed by atoms with Crippen LogP contribution in [-0.4, -0.2) is 15.3 Å². The Morgan fingerprint density at radius 2 is 1.86 bits per heavy atom. The first-order valence-electron chi connectivity index (χ1n) is 7.12. The van der Waals surface area contributed by atoms with Gasteiger partial charge >= 0.3 is 0 Å². The normalized spacial score (nSPS) is 14.5. The Morgan fingerprint density at radius 1 is 1.10 bits per heavy atom. The molecule has 1 aliphatic rings. The molecule has 1 amide bonds. The van der Waals surface area contributed by atoms with Crippen molar-refractivity contribution in [2.75, 3.05) is 0 Å². The van der Waals surface area contributed by atoms with Gasteiger partial charge < -0.3 is 5.73 Å². The van der Waals surface area contributed by atoms with E-state index in [2.05, 4.69) is 0 Å². The molecule has 1 saturated carbocycles. The topological polar surface area (TPSA) is 60.4 Å². The van der Waals surface area contributed by atoms with E-state index in [9.17, 15) is 4.79 Å². The lowest BCUT2D eigenvalue weighted by atomic mass is 10.1. The average Bonchev–Trinajstić information content (AvgIpc) is 3.27. The summed E-state index contributed by atoms with van der Waals surface area (Å²) in [4.78, 5) is 16.5. The lowest BCUT2D eigenvalue weighted by molar-refractivity contribution is 0.0994. The first-order chi connectivity index (χ1) is 10.3. The summed E-state index contributed by atoms with van der Waals surface area (Å²) in [6.07, 6.45) is 2.32. The molecule has 1 fully saturated rings. The van der Waals surface area contributed by atoms with Gasteiger partial charge in [-0.05, 0) is 25.0 Å². The van der Waals surface area contributed by atoms with Gasteiger partial charge in [-0.25, -0.2) is 4.98 Å². The molecule has 4 nitrogen and oxygen atoms in total. The standard InChI is InChI=1S/C17H15N3O/c18-17(21)13-7-4-8-14-19-15(11-9-10-11)16(20(13)14)12-5-2-1-3-6-12/h1-8,11H,9-10H2,(H2,18,21). The van der Waals surface area contributed by atoms with Crippen molar-refractivity contribution in [1.29, 1.82) is 0 Å². The number of carbonyl (C=O) groups excluding carboxylic acids is 1. The molecule has 0 aliphatic heterocycles. The summed E-state index contributed by atoms with van der Waals surface area (Å²) in [5, 5.41) is 0. The summed E-state index contributed by atoms with van der Waals surface area (Å²) in [6, 6.07) is 15.6. The van der Waals surface area contributed by atoms with Crippen molar-refractivity contribution in [3.63, 3.8) is 0 Å². The smallest absolute Gasteiger partial charge is 0.265 e. The molecular formula is C17H15N3O. The van der Waals surface area contributed by atoms with Crippen molar-refractivity contribution < 1.29 is 4.79 Å².